The van der Waals surface area contributed by atoms with E-state index in [1.807, 2.05) is 18.2 Å². The predicted molar refractivity (Wildman–Crippen MR) is 35.7 cm³/mol. The zero-order chi connectivity index (χ0) is 6.69. The quantitative estimate of drug-likeness (QED) is 0.594. The van der Waals surface area contributed by atoms with E-state index in [9.17, 15) is 0 Å². The van der Waals surface area contributed by atoms with E-state index >= 15 is 0 Å². The van der Waals surface area contributed by atoms with Gasteiger partial charge in [-0.1, -0.05) is 30.3 Å². The molecule has 1 atom stereocenters. The van der Waals surface area contributed by atoms with E-state index in [2.05, 4.69) is 0 Å². The standard InChI is InChI=1S/C8H8O/c1-7(9)8-5-3-2-4-6-8/h1-7,9H. The molecule has 0 saturated heterocycles. The van der Waals surface area contributed by atoms with E-state index < -0.39 is 6.10 Å². The molecule has 2 radical (unpaired) electrons. The largest absolute Gasteiger partial charge is 0.388 e. The number of aliphatic hydroxyl groups is 1. The first kappa shape index (κ1) is 6.30. The van der Waals surface area contributed by atoms with Gasteiger partial charge in [0.15, 0.2) is 0 Å². The second-order valence-electron chi connectivity index (χ2n) is 1.86. The van der Waals surface area contributed by atoms with Crippen LogP contribution >= 0.6 is 0 Å². The Labute approximate surface area is 55.0 Å². The van der Waals surface area contributed by atoms with Crippen LogP contribution in [0.5, 0.6) is 0 Å². The van der Waals surface area contributed by atoms with Gasteiger partial charge in [-0.05, 0) is 5.56 Å². The Morgan fingerprint density at radius 1 is 1.22 bits per heavy atom. The Bertz CT molecular complexity index is 167. The third-order valence-electron chi connectivity index (χ3n) is 1.14. The fourth-order valence-corrected chi connectivity index (χ4v) is 0.650. The van der Waals surface area contributed by atoms with E-state index in [1.54, 1.807) is 12.1 Å². The molecule has 1 aromatic carbocycles. The van der Waals surface area contributed by atoms with Crippen molar-refractivity contribution in [2.75, 3.05) is 0 Å². The van der Waals surface area contributed by atoms with Gasteiger partial charge in [0, 0.05) is 6.92 Å². The number of aliphatic hydroxyl groups excluding tert-OH is 1. The van der Waals surface area contributed by atoms with Gasteiger partial charge < -0.3 is 5.11 Å². The van der Waals surface area contributed by atoms with E-state index in [-0.39, 0.29) is 0 Å². The molecule has 0 amide bonds. The summed E-state index contributed by atoms with van der Waals surface area (Å²) in [5.74, 6) is 0. The van der Waals surface area contributed by atoms with Crippen LogP contribution in [0.2, 0.25) is 0 Å². The molecule has 1 aromatic rings. The van der Waals surface area contributed by atoms with Crippen molar-refractivity contribution in [1.82, 2.24) is 0 Å². The average molecular weight is 120 g/mol. The van der Waals surface area contributed by atoms with Gasteiger partial charge in [-0.2, -0.15) is 0 Å². The maximum atomic E-state index is 8.80. The molecule has 0 bridgehead atoms. The highest BCUT2D eigenvalue weighted by Gasteiger charge is 1.95. The second kappa shape index (κ2) is 2.65. The summed E-state index contributed by atoms with van der Waals surface area (Å²) in [6.45, 7) is 5.17. The molecule has 0 aromatic heterocycles. The molecule has 1 rings (SSSR count). The number of rotatable bonds is 1. The van der Waals surface area contributed by atoms with Gasteiger partial charge in [0.1, 0.15) is 0 Å². The van der Waals surface area contributed by atoms with Crippen molar-refractivity contribution in [3.8, 4) is 0 Å². The van der Waals surface area contributed by atoms with Crippen LogP contribution in [0, 0.1) is 6.92 Å². The summed E-state index contributed by atoms with van der Waals surface area (Å²) in [7, 11) is 0. The van der Waals surface area contributed by atoms with Crippen LogP contribution in [0.1, 0.15) is 11.7 Å². The van der Waals surface area contributed by atoms with E-state index in [4.69, 9.17) is 12.0 Å². The number of hydrogen-bond donors (Lipinski definition) is 1. The van der Waals surface area contributed by atoms with Crippen molar-refractivity contribution in [3.05, 3.63) is 42.8 Å². The first-order valence-electron chi connectivity index (χ1n) is 2.79. The average Bonchev–Trinajstić information content (AvgIpc) is 1.90. The molecule has 0 aliphatic carbocycles. The van der Waals surface area contributed by atoms with Gasteiger partial charge in [-0.15, -0.1) is 0 Å². The molecule has 1 N–H and O–H groups in total. The molecular weight excluding hydrogens is 112 g/mol. The van der Waals surface area contributed by atoms with Crippen molar-refractivity contribution in [2.45, 2.75) is 6.10 Å². The molecule has 1 heteroatoms. The van der Waals surface area contributed by atoms with Crippen LogP contribution in [-0.4, -0.2) is 5.11 Å². The fourth-order valence-electron chi connectivity index (χ4n) is 0.650. The molecule has 0 saturated carbocycles. The third kappa shape index (κ3) is 1.54. The molecule has 0 fully saturated rings. The highest BCUT2D eigenvalue weighted by atomic mass is 16.3. The normalized spacial score (nSPS) is 13.1. The molecule has 1 unspecified atom stereocenters. The monoisotopic (exact) mass is 120 g/mol. The maximum absolute atomic E-state index is 8.80. The molecule has 0 spiro atoms. The topological polar surface area (TPSA) is 20.2 Å². The minimum atomic E-state index is -0.841. The van der Waals surface area contributed by atoms with Crippen LogP contribution in [0.25, 0.3) is 0 Å². The Balaban J connectivity index is 2.85. The van der Waals surface area contributed by atoms with E-state index in [0.717, 1.165) is 5.56 Å². The van der Waals surface area contributed by atoms with Crippen LogP contribution in [-0.2, 0) is 0 Å². The Morgan fingerprint density at radius 2 is 1.78 bits per heavy atom. The molecule has 0 heterocycles. The molecule has 0 aliphatic rings. The van der Waals surface area contributed by atoms with Gasteiger partial charge in [-0.3, -0.25) is 0 Å². The highest BCUT2D eigenvalue weighted by molar-refractivity contribution is 5.17. The summed E-state index contributed by atoms with van der Waals surface area (Å²) < 4.78 is 0. The first-order valence-corrected chi connectivity index (χ1v) is 2.79. The lowest BCUT2D eigenvalue weighted by Crippen LogP contribution is -1.88. The highest BCUT2D eigenvalue weighted by Crippen LogP contribution is 2.08. The van der Waals surface area contributed by atoms with Crippen molar-refractivity contribution in [2.24, 2.45) is 0 Å². The smallest absolute Gasteiger partial charge is 0.0825 e. The van der Waals surface area contributed by atoms with Crippen LogP contribution in [0.3, 0.4) is 0 Å². The van der Waals surface area contributed by atoms with Gasteiger partial charge in [0.2, 0.25) is 0 Å². The lowest BCUT2D eigenvalue weighted by molar-refractivity contribution is 0.226. The fraction of sp³-hybridized carbons (Fsp3) is 0.125. The lowest BCUT2D eigenvalue weighted by atomic mass is 10.1. The molecule has 46 valence electrons. The van der Waals surface area contributed by atoms with Gasteiger partial charge in [-0.25, -0.2) is 0 Å². The van der Waals surface area contributed by atoms with Gasteiger partial charge in [0.25, 0.3) is 0 Å². The van der Waals surface area contributed by atoms with E-state index in [1.165, 1.54) is 0 Å². The van der Waals surface area contributed by atoms with Gasteiger partial charge >= 0.3 is 0 Å². The molecular formula is C8H8O. The van der Waals surface area contributed by atoms with Crippen molar-refractivity contribution in [3.63, 3.8) is 0 Å². The van der Waals surface area contributed by atoms with Crippen molar-refractivity contribution in [1.29, 1.82) is 0 Å². The summed E-state index contributed by atoms with van der Waals surface area (Å²) in [5, 5.41) is 8.80. The first-order chi connectivity index (χ1) is 4.30. The van der Waals surface area contributed by atoms with E-state index in [0.29, 0.717) is 0 Å². The SMILES string of the molecule is [CH]C(O)c1ccccc1. The summed E-state index contributed by atoms with van der Waals surface area (Å²) in [4.78, 5) is 0. The third-order valence-corrected chi connectivity index (χ3v) is 1.14. The molecule has 1 nitrogen and oxygen atoms in total. The maximum Gasteiger partial charge on any atom is 0.0825 e. The minimum Gasteiger partial charge on any atom is -0.388 e. The van der Waals surface area contributed by atoms with Crippen molar-refractivity contribution < 1.29 is 5.11 Å². The predicted octanol–water partition coefficient (Wildman–Crippen LogP) is 1.43. The Kier molecular flexibility index (Phi) is 1.85. The van der Waals surface area contributed by atoms with Gasteiger partial charge in [0.05, 0.1) is 6.10 Å². The van der Waals surface area contributed by atoms with Crippen LogP contribution < -0.4 is 0 Å². The zero-order valence-corrected chi connectivity index (χ0v) is 4.99. The van der Waals surface area contributed by atoms with Crippen LogP contribution in [0.4, 0.5) is 0 Å². The summed E-state index contributed by atoms with van der Waals surface area (Å²) in [6.07, 6.45) is -0.841. The summed E-state index contributed by atoms with van der Waals surface area (Å²) in [6, 6.07) is 9.12. The Hall–Kier alpha value is -0.820. The second-order valence-corrected chi connectivity index (χ2v) is 1.86. The molecule has 9 heavy (non-hydrogen) atoms. The molecule has 0 aliphatic heterocycles. The lowest BCUT2D eigenvalue weighted by Gasteiger charge is -2.00. The summed E-state index contributed by atoms with van der Waals surface area (Å²) in [5.41, 5.74) is 0.748. The summed E-state index contributed by atoms with van der Waals surface area (Å²) >= 11 is 0. The minimum absolute atomic E-state index is 0.748. The number of benzene rings is 1. The van der Waals surface area contributed by atoms with Crippen LogP contribution in [0.15, 0.2) is 30.3 Å². The van der Waals surface area contributed by atoms with Crippen molar-refractivity contribution >= 4 is 0 Å². The Morgan fingerprint density at radius 3 is 2.11 bits per heavy atom. The number of hydrogen-bond acceptors (Lipinski definition) is 1. The zero-order valence-electron chi connectivity index (χ0n) is 4.99.